The lowest BCUT2D eigenvalue weighted by atomic mass is 9.85. The lowest BCUT2D eigenvalue weighted by Crippen LogP contribution is -2.52. The van der Waals surface area contributed by atoms with E-state index in [4.69, 9.17) is 4.74 Å². The van der Waals surface area contributed by atoms with Crippen molar-refractivity contribution >= 4 is 28.7 Å². The van der Waals surface area contributed by atoms with Crippen LogP contribution in [-0.4, -0.2) is 58.4 Å². The number of aromatic amines is 1. The van der Waals surface area contributed by atoms with Crippen molar-refractivity contribution in [1.82, 2.24) is 20.1 Å². The van der Waals surface area contributed by atoms with E-state index >= 15 is 0 Å². The van der Waals surface area contributed by atoms with Crippen LogP contribution in [0.5, 0.6) is 5.75 Å². The second-order valence-corrected chi connectivity index (χ2v) is 9.87. The van der Waals surface area contributed by atoms with Crippen LogP contribution in [0.25, 0.3) is 10.9 Å². The number of amides is 4. The van der Waals surface area contributed by atoms with Crippen LogP contribution >= 0.6 is 0 Å². The maximum atomic E-state index is 13.8. The molecule has 8 heteroatoms. The molecular weight excluding hydrogens is 420 g/mol. The predicted octanol–water partition coefficient (Wildman–Crippen LogP) is 3.30. The highest BCUT2D eigenvalue weighted by Crippen LogP contribution is 2.45. The number of hydrogen-bond acceptors (Lipinski definition) is 4. The normalized spacial score (nSPS) is 28.0. The Labute approximate surface area is 193 Å². The average Bonchev–Trinajstić information content (AvgIpc) is 3.28. The average molecular weight is 453 g/mol. The van der Waals surface area contributed by atoms with E-state index in [1.165, 1.54) is 6.42 Å². The number of ether oxygens (including phenoxy) is 1. The van der Waals surface area contributed by atoms with Crippen molar-refractivity contribution < 1.29 is 19.1 Å². The zero-order valence-electron chi connectivity index (χ0n) is 19.7. The fourth-order valence-corrected chi connectivity index (χ4v) is 5.86. The number of imide groups is 1. The van der Waals surface area contributed by atoms with Gasteiger partial charge in [-0.05, 0) is 62.8 Å². The summed E-state index contributed by atoms with van der Waals surface area (Å²) in [5.74, 6) is 0.524. The maximum Gasteiger partial charge on any atom is 0.328 e. The quantitative estimate of drug-likeness (QED) is 0.696. The van der Waals surface area contributed by atoms with Gasteiger partial charge >= 0.3 is 6.03 Å². The van der Waals surface area contributed by atoms with E-state index in [0.29, 0.717) is 18.9 Å². The monoisotopic (exact) mass is 452 g/mol. The summed E-state index contributed by atoms with van der Waals surface area (Å²) < 4.78 is 5.38. The Bertz CT molecular complexity index is 1140. The van der Waals surface area contributed by atoms with E-state index in [2.05, 4.69) is 17.2 Å². The number of aromatic nitrogens is 1. The molecule has 2 unspecified atom stereocenters. The Balaban J connectivity index is 1.46. The van der Waals surface area contributed by atoms with Crippen LogP contribution in [0.4, 0.5) is 4.79 Å². The topological polar surface area (TPSA) is 94.7 Å². The van der Waals surface area contributed by atoms with Gasteiger partial charge in [0.2, 0.25) is 5.91 Å². The Morgan fingerprint density at radius 1 is 1.27 bits per heavy atom. The number of fused-ring (bicyclic) bond motifs is 5. The molecule has 4 atom stereocenters. The van der Waals surface area contributed by atoms with Gasteiger partial charge in [0.05, 0.1) is 12.8 Å². The highest BCUT2D eigenvalue weighted by atomic mass is 16.5. The molecule has 0 spiro atoms. The first-order chi connectivity index (χ1) is 15.8. The molecule has 1 aromatic carbocycles. The summed E-state index contributed by atoms with van der Waals surface area (Å²) in [4.78, 5) is 46.4. The number of hydrogen-bond donors (Lipinski definition) is 2. The van der Waals surface area contributed by atoms with Crippen molar-refractivity contribution in [1.29, 1.82) is 0 Å². The van der Waals surface area contributed by atoms with Crippen molar-refractivity contribution in [2.45, 2.75) is 70.5 Å². The minimum atomic E-state index is -1.16. The number of carbonyl (C=O) groups excluding carboxylic acids is 3. The molecule has 2 fully saturated rings. The molecule has 2 aromatic rings. The van der Waals surface area contributed by atoms with E-state index in [-0.39, 0.29) is 17.9 Å². The van der Waals surface area contributed by atoms with E-state index in [9.17, 15) is 14.4 Å². The van der Waals surface area contributed by atoms with Crippen LogP contribution in [-0.2, 0) is 21.5 Å². The summed E-state index contributed by atoms with van der Waals surface area (Å²) in [7, 11) is 1.63. The molecule has 3 aliphatic rings. The number of benzene rings is 1. The van der Waals surface area contributed by atoms with E-state index in [1.54, 1.807) is 25.9 Å². The van der Waals surface area contributed by atoms with Crippen LogP contribution in [0.3, 0.4) is 0 Å². The van der Waals surface area contributed by atoms with Gasteiger partial charge in [0.25, 0.3) is 5.91 Å². The second-order valence-electron chi connectivity index (χ2n) is 9.87. The van der Waals surface area contributed by atoms with Crippen LogP contribution in [0.1, 0.15) is 57.7 Å². The number of methoxy groups -OCH3 is 1. The molecule has 3 heterocycles. The molecule has 8 nitrogen and oxygen atoms in total. The molecule has 0 radical (unpaired) electrons. The van der Waals surface area contributed by atoms with Gasteiger partial charge in [0, 0.05) is 23.5 Å². The van der Waals surface area contributed by atoms with Gasteiger partial charge < -0.3 is 19.9 Å². The number of rotatable bonds is 4. The van der Waals surface area contributed by atoms with E-state index in [1.807, 2.05) is 18.2 Å². The van der Waals surface area contributed by atoms with Crippen molar-refractivity contribution in [3.05, 3.63) is 29.5 Å². The highest BCUT2D eigenvalue weighted by Gasteiger charge is 2.60. The number of H-pyrrole nitrogens is 1. The molecule has 176 valence electrons. The van der Waals surface area contributed by atoms with Crippen LogP contribution in [0.2, 0.25) is 0 Å². The van der Waals surface area contributed by atoms with Crippen LogP contribution in [0.15, 0.2) is 18.2 Å². The first-order valence-corrected chi connectivity index (χ1v) is 11.9. The summed E-state index contributed by atoms with van der Waals surface area (Å²) in [6.07, 6.45) is 4.92. The lowest BCUT2D eigenvalue weighted by Gasteiger charge is -2.36. The fraction of sp³-hybridized carbons (Fsp3) is 0.560. The highest BCUT2D eigenvalue weighted by molar-refractivity contribution is 6.11. The zero-order valence-corrected chi connectivity index (χ0v) is 19.7. The number of nitrogens with zero attached hydrogens (tertiary/aromatic N) is 2. The SMILES string of the molecule is COc1ccc2[nH]c3c(c2c1)CCN1C(=O)N([C@@H](C)C(=O)NC2CCCCC2C)C(=O)[C@]31C. The Hall–Kier alpha value is -3.03. The third-order valence-electron chi connectivity index (χ3n) is 8.00. The van der Waals surface area contributed by atoms with Crippen molar-refractivity contribution in [3.8, 4) is 5.75 Å². The van der Waals surface area contributed by atoms with Gasteiger partial charge in [-0.25, -0.2) is 9.69 Å². The summed E-state index contributed by atoms with van der Waals surface area (Å²) in [5, 5.41) is 4.11. The molecule has 1 aliphatic carbocycles. The third-order valence-corrected chi connectivity index (χ3v) is 8.00. The molecule has 1 saturated heterocycles. The molecule has 0 bridgehead atoms. The van der Waals surface area contributed by atoms with Gasteiger partial charge in [-0.3, -0.25) is 9.59 Å². The van der Waals surface area contributed by atoms with E-state index in [0.717, 1.165) is 52.1 Å². The minimum absolute atomic E-state index is 0.0926. The van der Waals surface area contributed by atoms with Gasteiger partial charge in [-0.15, -0.1) is 0 Å². The first-order valence-electron chi connectivity index (χ1n) is 11.9. The van der Waals surface area contributed by atoms with Gasteiger partial charge in [0.15, 0.2) is 5.54 Å². The Morgan fingerprint density at radius 3 is 2.76 bits per heavy atom. The van der Waals surface area contributed by atoms with Crippen molar-refractivity contribution in [3.63, 3.8) is 0 Å². The molecule has 2 N–H and O–H groups in total. The standard InChI is InChI=1S/C25H32N4O4/c1-14-7-5-6-8-19(14)27-22(30)15(2)29-23(31)25(3)21-17(11-12-28(25)24(29)32)18-13-16(33-4)9-10-20(18)26-21/h9-10,13-15,19,26H,5-8,11-12H2,1-4H3,(H,27,30)/t14?,15-,19?,25-/m0/s1. The number of nitrogens with one attached hydrogen (secondary N) is 2. The van der Waals surface area contributed by atoms with Crippen LogP contribution < -0.4 is 10.1 Å². The fourth-order valence-electron chi connectivity index (χ4n) is 5.86. The third kappa shape index (κ3) is 3.14. The maximum absolute atomic E-state index is 13.8. The predicted molar refractivity (Wildman–Crippen MR) is 124 cm³/mol. The minimum Gasteiger partial charge on any atom is -0.497 e. The summed E-state index contributed by atoms with van der Waals surface area (Å²) in [6, 6.07) is 4.59. The molecule has 1 aromatic heterocycles. The largest absolute Gasteiger partial charge is 0.497 e. The first kappa shape index (κ1) is 21.8. The summed E-state index contributed by atoms with van der Waals surface area (Å²) in [6.45, 7) is 6.00. The van der Waals surface area contributed by atoms with Gasteiger partial charge in [0.1, 0.15) is 11.8 Å². The second kappa shape index (κ2) is 7.78. The number of urea groups is 1. The van der Waals surface area contributed by atoms with Gasteiger partial charge in [-0.1, -0.05) is 19.8 Å². The molecule has 1 saturated carbocycles. The summed E-state index contributed by atoms with van der Waals surface area (Å²) in [5.41, 5.74) is 1.49. The lowest BCUT2D eigenvalue weighted by molar-refractivity contribution is -0.139. The molecular formula is C25H32N4O4. The summed E-state index contributed by atoms with van der Waals surface area (Å²) >= 11 is 0. The Kier molecular flexibility index (Phi) is 5.14. The molecule has 2 aliphatic heterocycles. The van der Waals surface area contributed by atoms with Crippen molar-refractivity contribution in [2.24, 2.45) is 5.92 Å². The van der Waals surface area contributed by atoms with Crippen LogP contribution in [0, 0.1) is 5.92 Å². The molecule has 33 heavy (non-hydrogen) atoms. The number of carbonyl (C=O) groups is 3. The van der Waals surface area contributed by atoms with Crippen molar-refractivity contribution in [2.75, 3.05) is 13.7 Å². The molecule has 5 rings (SSSR count). The smallest absolute Gasteiger partial charge is 0.328 e. The van der Waals surface area contributed by atoms with Gasteiger partial charge in [-0.2, -0.15) is 0 Å². The Morgan fingerprint density at radius 2 is 2.03 bits per heavy atom. The zero-order chi connectivity index (χ0) is 23.5. The van der Waals surface area contributed by atoms with E-state index < -0.39 is 17.6 Å². The molecule has 4 amide bonds.